The Kier molecular flexibility index (Phi) is 5.42. The standard InChI is InChI=1S/C22H29N3O3/c1-22(2)15-16-7-5-9-18(20(16)28-22)27-21-17(8-6-14-26)23-12-13-25(21)19-10-3-4-11-24-19/h3-5,7,9-11,17,21,23,26H,6,8,12-15H2,1-2H3. The summed E-state index contributed by atoms with van der Waals surface area (Å²) in [5.41, 5.74) is 0.964. The summed E-state index contributed by atoms with van der Waals surface area (Å²) in [6.07, 6.45) is 4.01. The highest BCUT2D eigenvalue weighted by Crippen LogP contribution is 2.42. The zero-order valence-corrected chi connectivity index (χ0v) is 16.6. The van der Waals surface area contributed by atoms with E-state index in [1.165, 1.54) is 5.56 Å². The third-order valence-corrected chi connectivity index (χ3v) is 5.33. The maximum Gasteiger partial charge on any atom is 0.189 e. The van der Waals surface area contributed by atoms with Gasteiger partial charge in [0.1, 0.15) is 11.4 Å². The number of rotatable bonds is 6. The fourth-order valence-electron chi connectivity index (χ4n) is 4.10. The van der Waals surface area contributed by atoms with Crippen LogP contribution in [0.4, 0.5) is 5.82 Å². The maximum absolute atomic E-state index is 9.33. The summed E-state index contributed by atoms with van der Waals surface area (Å²) in [5, 5.41) is 12.9. The molecule has 2 aliphatic rings. The summed E-state index contributed by atoms with van der Waals surface area (Å²) in [4.78, 5) is 6.75. The van der Waals surface area contributed by atoms with Gasteiger partial charge in [0.2, 0.25) is 0 Å². The van der Waals surface area contributed by atoms with Gasteiger partial charge in [0.05, 0.1) is 6.04 Å². The van der Waals surface area contributed by atoms with Crippen molar-refractivity contribution in [3.05, 3.63) is 48.2 Å². The van der Waals surface area contributed by atoms with Crippen molar-refractivity contribution in [2.75, 3.05) is 24.6 Å². The van der Waals surface area contributed by atoms with Crippen LogP contribution >= 0.6 is 0 Å². The van der Waals surface area contributed by atoms with Crippen molar-refractivity contribution in [2.45, 2.75) is 51.0 Å². The monoisotopic (exact) mass is 383 g/mol. The molecule has 2 aromatic rings. The molecule has 0 amide bonds. The Balaban J connectivity index is 1.64. The Morgan fingerprint density at radius 1 is 1.29 bits per heavy atom. The van der Waals surface area contributed by atoms with Gasteiger partial charge in [0, 0.05) is 37.9 Å². The summed E-state index contributed by atoms with van der Waals surface area (Å²) in [5.74, 6) is 2.52. The number of ether oxygens (including phenoxy) is 2. The summed E-state index contributed by atoms with van der Waals surface area (Å²) in [6.45, 7) is 6.03. The molecule has 2 N–H and O–H groups in total. The van der Waals surface area contributed by atoms with Crippen molar-refractivity contribution < 1.29 is 14.6 Å². The first-order valence-corrected chi connectivity index (χ1v) is 10.1. The number of pyridine rings is 1. The zero-order valence-electron chi connectivity index (χ0n) is 16.6. The highest BCUT2D eigenvalue weighted by Gasteiger charge is 2.37. The van der Waals surface area contributed by atoms with E-state index in [0.29, 0.717) is 0 Å². The molecule has 0 radical (unpaired) electrons. The molecule has 28 heavy (non-hydrogen) atoms. The molecule has 2 atom stereocenters. The van der Waals surface area contributed by atoms with E-state index < -0.39 is 0 Å². The number of aliphatic hydroxyl groups is 1. The number of hydrogen-bond acceptors (Lipinski definition) is 6. The van der Waals surface area contributed by atoms with Gasteiger partial charge in [-0.3, -0.25) is 0 Å². The van der Waals surface area contributed by atoms with Crippen molar-refractivity contribution in [2.24, 2.45) is 0 Å². The smallest absolute Gasteiger partial charge is 0.189 e. The average molecular weight is 383 g/mol. The van der Waals surface area contributed by atoms with E-state index in [2.05, 4.69) is 35.1 Å². The minimum Gasteiger partial charge on any atom is -0.483 e. The summed E-state index contributed by atoms with van der Waals surface area (Å²) < 4.78 is 12.8. The molecule has 1 saturated heterocycles. The van der Waals surface area contributed by atoms with Gasteiger partial charge in [-0.1, -0.05) is 18.2 Å². The molecule has 1 fully saturated rings. The van der Waals surface area contributed by atoms with Gasteiger partial charge >= 0.3 is 0 Å². The van der Waals surface area contributed by atoms with Gasteiger partial charge in [-0.2, -0.15) is 0 Å². The first-order chi connectivity index (χ1) is 13.6. The van der Waals surface area contributed by atoms with Crippen LogP contribution in [-0.4, -0.2) is 47.7 Å². The normalized spacial score (nSPS) is 23.2. The van der Waals surface area contributed by atoms with E-state index in [0.717, 1.165) is 49.7 Å². The molecule has 2 unspecified atom stereocenters. The molecule has 4 rings (SSSR count). The Labute approximate surface area is 166 Å². The van der Waals surface area contributed by atoms with Gasteiger partial charge in [-0.15, -0.1) is 0 Å². The van der Waals surface area contributed by atoms with Crippen LogP contribution in [0.2, 0.25) is 0 Å². The summed E-state index contributed by atoms with van der Waals surface area (Å²) >= 11 is 0. The third-order valence-electron chi connectivity index (χ3n) is 5.33. The van der Waals surface area contributed by atoms with Gasteiger partial charge in [0.15, 0.2) is 17.7 Å². The number of aliphatic hydroxyl groups excluding tert-OH is 1. The molecule has 1 aromatic heterocycles. The van der Waals surface area contributed by atoms with E-state index in [9.17, 15) is 5.11 Å². The molecule has 0 aliphatic carbocycles. The van der Waals surface area contributed by atoms with Crippen LogP contribution in [0.5, 0.6) is 11.5 Å². The predicted molar refractivity (Wildman–Crippen MR) is 109 cm³/mol. The second-order valence-corrected chi connectivity index (χ2v) is 8.10. The lowest BCUT2D eigenvalue weighted by Gasteiger charge is -2.42. The fourth-order valence-corrected chi connectivity index (χ4v) is 4.10. The van der Waals surface area contributed by atoms with E-state index >= 15 is 0 Å². The number of benzene rings is 1. The Hall–Kier alpha value is -2.31. The minimum absolute atomic E-state index is 0.0909. The minimum atomic E-state index is -0.228. The molecule has 6 heteroatoms. The highest BCUT2D eigenvalue weighted by molar-refractivity contribution is 5.51. The molecular formula is C22H29N3O3. The number of nitrogens with one attached hydrogen (secondary N) is 1. The van der Waals surface area contributed by atoms with Gasteiger partial charge in [-0.25, -0.2) is 4.98 Å². The molecule has 0 saturated carbocycles. The van der Waals surface area contributed by atoms with Gasteiger partial charge in [0.25, 0.3) is 0 Å². The number of fused-ring (bicyclic) bond motifs is 1. The molecule has 6 nitrogen and oxygen atoms in total. The number of nitrogens with zero attached hydrogens (tertiary/aromatic N) is 2. The first kappa shape index (κ1) is 19.0. The lowest BCUT2D eigenvalue weighted by Crippen LogP contribution is -2.60. The largest absolute Gasteiger partial charge is 0.483 e. The number of hydrogen-bond donors (Lipinski definition) is 2. The van der Waals surface area contributed by atoms with E-state index in [1.54, 1.807) is 0 Å². The molecule has 0 bridgehead atoms. The zero-order chi connectivity index (χ0) is 19.6. The highest BCUT2D eigenvalue weighted by atomic mass is 16.5. The summed E-state index contributed by atoms with van der Waals surface area (Å²) in [7, 11) is 0. The predicted octanol–water partition coefficient (Wildman–Crippen LogP) is 2.75. The Morgan fingerprint density at radius 3 is 2.96 bits per heavy atom. The number of aromatic nitrogens is 1. The van der Waals surface area contributed by atoms with E-state index in [1.807, 2.05) is 36.5 Å². The van der Waals surface area contributed by atoms with Crippen molar-refractivity contribution >= 4 is 5.82 Å². The number of piperazine rings is 1. The molecule has 150 valence electrons. The lowest BCUT2D eigenvalue weighted by molar-refractivity contribution is 0.0997. The van der Waals surface area contributed by atoms with Crippen molar-refractivity contribution in [3.8, 4) is 11.5 Å². The molecule has 2 aliphatic heterocycles. The second kappa shape index (κ2) is 7.97. The SMILES string of the molecule is CC1(C)Cc2cccc(OC3C(CCCO)NCCN3c3ccccn3)c2O1. The van der Waals surface area contributed by atoms with E-state index in [4.69, 9.17) is 9.47 Å². The maximum atomic E-state index is 9.33. The average Bonchev–Trinajstić information content (AvgIpc) is 3.02. The fraction of sp³-hybridized carbons (Fsp3) is 0.500. The number of anilines is 1. The third kappa shape index (κ3) is 3.93. The topological polar surface area (TPSA) is 66.9 Å². The molecule has 3 heterocycles. The first-order valence-electron chi connectivity index (χ1n) is 10.1. The van der Waals surface area contributed by atoms with Crippen LogP contribution in [0, 0.1) is 0 Å². The molecule has 1 aromatic carbocycles. The summed E-state index contributed by atoms with van der Waals surface area (Å²) in [6, 6.07) is 12.1. The quantitative estimate of drug-likeness (QED) is 0.800. The van der Waals surface area contributed by atoms with Crippen molar-refractivity contribution in [3.63, 3.8) is 0 Å². The molecular weight excluding hydrogens is 354 g/mol. The van der Waals surface area contributed by atoms with Crippen LogP contribution in [0.25, 0.3) is 0 Å². The van der Waals surface area contributed by atoms with Crippen LogP contribution in [0.1, 0.15) is 32.3 Å². The van der Waals surface area contributed by atoms with Crippen molar-refractivity contribution in [1.29, 1.82) is 0 Å². The molecule has 0 spiro atoms. The van der Waals surface area contributed by atoms with Gasteiger partial charge < -0.3 is 24.8 Å². The van der Waals surface area contributed by atoms with E-state index in [-0.39, 0.29) is 24.5 Å². The lowest BCUT2D eigenvalue weighted by atomic mass is 10.0. The van der Waals surface area contributed by atoms with Gasteiger partial charge in [-0.05, 0) is 44.9 Å². The Morgan fingerprint density at radius 2 is 2.18 bits per heavy atom. The number of para-hydroxylation sites is 1. The van der Waals surface area contributed by atoms with Crippen LogP contribution < -0.4 is 19.7 Å². The van der Waals surface area contributed by atoms with Crippen molar-refractivity contribution in [1.82, 2.24) is 10.3 Å². The Bertz CT molecular complexity index is 797. The van der Waals surface area contributed by atoms with Crippen LogP contribution in [0.3, 0.4) is 0 Å². The van der Waals surface area contributed by atoms with Crippen LogP contribution in [0.15, 0.2) is 42.6 Å². The van der Waals surface area contributed by atoms with Crippen LogP contribution in [-0.2, 0) is 6.42 Å². The second-order valence-electron chi connectivity index (χ2n) is 8.10.